The van der Waals surface area contributed by atoms with Crippen molar-refractivity contribution in [2.75, 3.05) is 0 Å². The van der Waals surface area contributed by atoms with Crippen molar-refractivity contribution < 1.29 is 19.2 Å². The van der Waals surface area contributed by atoms with Gasteiger partial charge in [-0.1, -0.05) is 66.2 Å². The maximum absolute atomic E-state index is 12.9. The summed E-state index contributed by atoms with van der Waals surface area (Å²) in [5.41, 5.74) is 1.59. The number of carbonyl (C=O) groups is 2. The maximum atomic E-state index is 12.9. The normalized spacial score (nSPS) is 14.7. The van der Waals surface area contributed by atoms with E-state index in [2.05, 4.69) is 0 Å². The van der Waals surface area contributed by atoms with Crippen LogP contribution in [0.15, 0.2) is 77.7 Å². The molecule has 3 aromatic carbocycles. The molecule has 4 rings (SSSR count). The molecule has 1 fully saturated rings. The number of benzene rings is 3. The zero-order valence-corrected chi connectivity index (χ0v) is 18.7. The first-order valence-electron chi connectivity index (χ1n) is 9.87. The van der Waals surface area contributed by atoms with E-state index in [1.54, 1.807) is 42.5 Å². The average Bonchev–Trinajstić information content (AvgIpc) is 3.07. The molecule has 0 aliphatic carbocycles. The minimum Gasteiger partial charge on any atom is -0.488 e. The molecule has 0 aromatic heterocycles. The van der Waals surface area contributed by atoms with Gasteiger partial charge in [0.1, 0.15) is 12.4 Å². The van der Waals surface area contributed by atoms with Gasteiger partial charge in [-0.2, -0.15) is 0 Å². The van der Waals surface area contributed by atoms with E-state index in [0.717, 1.165) is 22.2 Å². The van der Waals surface area contributed by atoms with Crippen LogP contribution in [0.1, 0.15) is 16.7 Å². The Morgan fingerprint density at radius 1 is 0.970 bits per heavy atom. The number of rotatable bonds is 7. The van der Waals surface area contributed by atoms with Gasteiger partial charge in [0.2, 0.25) is 0 Å². The van der Waals surface area contributed by atoms with Crippen LogP contribution in [0.25, 0.3) is 6.08 Å². The molecule has 166 valence electrons. The Kier molecular flexibility index (Phi) is 6.76. The van der Waals surface area contributed by atoms with Crippen LogP contribution in [0.3, 0.4) is 0 Å². The summed E-state index contributed by atoms with van der Waals surface area (Å²) in [5.74, 6) is 0.0203. The predicted octanol–water partition coefficient (Wildman–Crippen LogP) is 6.06. The second kappa shape index (κ2) is 9.89. The summed E-state index contributed by atoms with van der Waals surface area (Å²) in [5, 5.41) is 11.4. The van der Waals surface area contributed by atoms with Gasteiger partial charge in [-0.05, 0) is 30.0 Å². The molecule has 0 saturated carbocycles. The number of hydrogen-bond donors (Lipinski definition) is 0. The standard InChI is InChI=1S/C24H17ClN2O5S/c25-19-10-4-1-9-18(19)15-32-21-12-6-3-7-16(21)13-22-23(28)26(24(29)33-22)14-17-8-2-5-11-20(17)27(30)31/h1-13H,14-15H2/b22-13-. The Balaban J connectivity index is 1.55. The number of nitro groups is 1. The molecule has 0 bridgehead atoms. The number of para-hydroxylation sites is 2. The lowest BCUT2D eigenvalue weighted by atomic mass is 10.1. The Labute approximate surface area is 198 Å². The predicted molar refractivity (Wildman–Crippen MR) is 127 cm³/mol. The van der Waals surface area contributed by atoms with Crippen LogP contribution in [0, 0.1) is 10.1 Å². The molecule has 0 atom stereocenters. The first kappa shape index (κ1) is 22.6. The summed E-state index contributed by atoms with van der Waals surface area (Å²) in [6.45, 7) is 0.0630. The van der Waals surface area contributed by atoms with Crippen molar-refractivity contribution in [3.05, 3.63) is 110 Å². The molecule has 9 heteroatoms. The van der Waals surface area contributed by atoms with Gasteiger partial charge in [0, 0.05) is 27.8 Å². The molecule has 1 saturated heterocycles. The number of amides is 2. The zero-order valence-electron chi connectivity index (χ0n) is 17.1. The molecular formula is C24H17ClN2O5S. The van der Waals surface area contributed by atoms with E-state index in [-0.39, 0.29) is 29.3 Å². The molecule has 0 unspecified atom stereocenters. The van der Waals surface area contributed by atoms with E-state index in [1.807, 2.05) is 18.2 Å². The third kappa shape index (κ3) is 5.08. The summed E-state index contributed by atoms with van der Waals surface area (Å²) < 4.78 is 5.92. The van der Waals surface area contributed by atoms with Crippen LogP contribution < -0.4 is 4.74 Å². The number of halogens is 1. The Hall–Kier alpha value is -3.62. The van der Waals surface area contributed by atoms with Gasteiger partial charge in [-0.15, -0.1) is 0 Å². The highest BCUT2D eigenvalue weighted by Crippen LogP contribution is 2.36. The smallest absolute Gasteiger partial charge is 0.293 e. The average molecular weight is 481 g/mol. The number of ether oxygens (including phenoxy) is 1. The summed E-state index contributed by atoms with van der Waals surface area (Å²) in [4.78, 5) is 37.4. The van der Waals surface area contributed by atoms with Crippen molar-refractivity contribution in [2.24, 2.45) is 0 Å². The molecule has 2 amide bonds. The lowest BCUT2D eigenvalue weighted by Crippen LogP contribution is -2.27. The summed E-state index contributed by atoms with van der Waals surface area (Å²) in [6, 6.07) is 20.5. The summed E-state index contributed by atoms with van der Waals surface area (Å²) >= 11 is 6.98. The molecule has 3 aromatic rings. The number of thioether (sulfide) groups is 1. The third-order valence-corrected chi connectivity index (χ3v) is 6.21. The highest BCUT2D eigenvalue weighted by atomic mass is 35.5. The molecule has 1 aliphatic rings. The van der Waals surface area contributed by atoms with Crippen molar-refractivity contribution >= 4 is 46.3 Å². The zero-order chi connectivity index (χ0) is 23.4. The van der Waals surface area contributed by atoms with E-state index in [9.17, 15) is 19.7 Å². The van der Waals surface area contributed by atoms with Gasteiger partial charge in [-0.25, -0.2) is 0 Å². The van der Waals surface area contributed by atoms with Crippen LogP contribution in [-0.2, 0) is 17.9 Å². The number of nitro benzene ring substituents is 1. The topological polar surface area (TPSA) is 89.8 Å². The van der Waals surface area contributed by atoms with Crippen molar-refractivity contribution in [1.29, 1.82) is 0 Å². The summed E-state index contributed by atoms with van der Waals surface area (Å²) in [7, 11) is 0. The maximum Gasteiger partial charge on any atom is 0.293 e. The van der Waals surface area contributed by atoms with Gasteiger partial charge in [0.25, 0.3) is 16.8 Å². The molecule has 1 aliphatic heterocycles. The minimum absolute atomic E-state index is 0.140. The van der Waals surface area contributed by atoms with E-state index in [4.69, 9.17) is 16.3 Å². The van der Waals surface area contributed by atoms with Crippen LogP contribution in [0.4, 0.5) is 10.5 Å². The molecule has 0 spiro atoms. The van der Waals surface area contributed by atoms with Crippen LogP contribution in [0.2, 0.25) is 5.02 Å². The van der Waals surface area contributed by atoms with Gasteiger partial charge in [0.15, 0.2) is 0 Å². The van der Waals surface area contributed by atoms with Crippen molar-refractivity contribution in [3.63, 3.8) is 0 Å². The van der Waals surface area contributed by atoms with Gasteiger partial charge in [0.05, 0.1) is 16.4 Å². The van der Waals surface area contributed by atoms with E-state index in [1.165, 1.54) is 18.2 Å². The Morgan fingerprint density at radius 2 is 1.64 bits per heavy atom. The Bertz CT molecular complexity index is 1280. The van der Waals surface area contributed by atoms with Crippen LogP contribution in [0.5, 0.6) is 5.75 Å². The van der Waals surface area contributed by atoms with Crippen LogP contribution in [-0.4, -0.2) is 21.0 Å². The lowest BCUT2D eigenvalue weighted by Gasteiger charge is -2.12. The SMILES string of the molecule is O=C1S/C(=C\c2ccccc2OCc2ccccc2Cl)C(=O)N1Cc1ccccc1[N+](=O)[O-]. The first-order chi connectivity index (χ1) is 15.9. The summed E-state index contributed by atoms with van der Waals surface area (Å²) in [6.07, 6.45) is 1.59. The fourth-order valence-corrected chi connectivity index (χ4v) is 4.29. The monoisotopic (exact) mass is 480 g/mol. The number of hydrogen-bond acceptors (Lipinski definition) is 6. The molecule has 0 radical (unpaired) electrons. The van der Waals surface area contributed by atoms with Gasteiger partial charge < -0.3 is 4.74 Å². The highest BCUT2D eigenvalue weighted by molar-refractivity contribution is 8.18. The molecular weight excluding hydrogens is 464 g/mol. The first-order valence-corrected chi connectivity index (χ1v) is 11.1. The number of imide groups is 1. The largest absolute Gasteiger partial charge is 0.488 e. The van der Waals surface area contributed by atoms with Crippen LogP contribution >= 0.6 is 23.4 Å². The Morgan fingerprint density at radius 3 is 2.39 bits per heavy atom. The fourth-order valence-electron chi connectivity index (χ4n) is 3.27. The lowest BCUT2D eigenvalue weighted by molar-refractivity contribution is -0.385. The molecule has 33 heavy (non-hydrogen) atoms. The van der Waals surface area contributed by atoms with E-state index in [0.29, 0.717) is 16.3 Å². The number of carbonyl (C=O) groups excluding carboxylic acids is 2. The number of nitrogens with zero attached hydrogens (tertiary/aromatic N) is 2. The second-order valence-corrected chi connectivity index (χ2v) is 8.47. The van der Waals surface area contributed by atoms with Gasteiger partial charge in [-0.3, -0.25) is 24.6 Å². The second-order valence-electron chi connectivity index (χ2n) is 7.07. The van der Waals surface area contributed by atoms with Crippen molar-refractivity contribution in [3.8, 4) is 5.75 Å². The van der Waals surface area contributed by atoms with E-state index < -0.39 is 16.1 Å². The molecule has 0 N–H and O–H groups in total. The molecule has 1 heterocycles. The van der Waals surface area contributed by atoms with E-state index >= 15 is 0 Å². The van der Waals surface area contributed by atoms with Crippen molar-refractivity contribution in [1.82, 2.24) is 4.90 Å². The fraction of sp³-hybridized carbons (Fsp3) is 0.0833. The molecule has 7 nitrogen and oxygen atoms in total. The third-order valence-electron chi connectivity index (χ3n) is 4.94. The minimum atomic E-state index is -0.531. The van der Waals surface area contributed by atoms with Crippen molar-refractivity contribution in [2.45, 2.75) is 13.2 Å². The van der Waals surface area contributed by atoms with Gasteiger partial charge >= 0.3 is 0 Å². The quantitative estimate of drug-likeness (QED) is 0.232. The highest BCUT2D eigenvalue weighted by Gasteiger charge is 2.36.